The quantitative estimate of drug-likeness (QED) is 0.569. The normalized spacial score (nSPS) is 11.4. The van der Waals surface area contributed by atoms with Gasteiger partial charge >= 0.3 is 0 Å². The molecule has 0 aliphatic rings. The highest BCUT2D eigenvalue weighted by atomic mass is 32.2. The summed E-state index contributed by atoms with van der Waals surface area (Å²) in [6.07, 6.45) is 0. The molecule has 0 saturated heterocycles. The highest BCUT2D eigenvalue weighted by Crippen LogP contribution is 2.13. The minimum Gasteiger partial charge on any atom is -0.398 e. The van der Waals surface area contributed by atoms with Gasteiger partial charge in [-0.1, -0.05) is 12.1 Å². The molecule has 0 aromatic heterocycles. The molecule has 0 aliphatic carbocycles. The van der Waals surface area contributed by atoms with Gasteiger partial charge in [-0.15, -0.1) is 0 Å². The topological polar surface area (TPSA) is 86.2 Å². The Morgan fingerprint density at radius 1 is 1.45 bits per heavy atom. The number of primary sulfonamides is 1. The molecule has 0 heterocycles. The molecular formula is C6H7N2O2S. The maximum Gasteiger partial charge on any atom is 0.240 e. The first-order valence-electron chi connectivity index (χ1n) is 2.81. The molecule has 0 saturated carbocycles. The Kier molecular flexibility index (Phi) is 1.84. The second kappa shape index (κ2) is 2.52. The van der Waals surface area contributed by atoms with E-state index in [9.17, 15) is 8.42 Å². The molecule has 1 rings (SSSR count). The molecular weight excluding hydrogens is 164 g/mol. The minimum absolute atomic E-state index is 0.120. The van der Waals surface area contributed by atoms with E-state index in [4.69, 9.17) is 10.9 Å². The molecule has 59 valence electrons. The third kappa shape index (κ3) is 1.69. The van der Waals surface area contributed by atoms with Gasteiger partial charge in [-0.3, -0.25) is 0 Å². The van der Waals surface area contributed by atoms with E-state index in [2.05, 4.69) is 6.07 Å². The number of rotatable bonds is 1. The van der Waals surface area contributed by atoms with Gasteiger partial charge in [0.1, 0.15) is 4.90 Å². The molecule has 0 unspecified atom stereocenters. The summed E-state index contributed by atoms with van der Waals surface area (Å²) in [5.74, 6) is 0. The molecule has 1 aromatic carbocycles. The number of hydrogen-bond donors (Lipinski definition) is 2. The number of benzene rings is 1. The van der Waals surface area contributed by atoms with E-state index in [0.29, 0.717) is 0 Å². The Balaban J connectivity index is 3.37. The summed E-state index contributed by atoms with van der Waals surface area (Å²) < 4.78 is 21.4. The zero-order valence-electron chi connectivity index (χ0n) is 5.61. The van der Waals surface area contributed by atoms with Crippen LogP contribution in [0, 0.1) is 6.07 Å². The molecule has 0 aliphatic heterocycles. The minimum atomic E-state index is -3.71. The molecule has 0 amide bonds. The van der Waals surface area contributed by atoms with Crippen molar-refractivity contribution in [2.45, 2.75) is 4.90 Å². The van der Waals surface area contributed by atoms with Gasteiger partial charge < -0.3 is 5.73 Å². The summed E-state index contributed by atoms with van der Waals surface area (Å²) in [6.45, 7) is 0. The molecule has 0 fully saturated rings. The molecule has 1 aromatic rings. The van der Waals surface area contributed by atoms with Gasteiger partial charge in [-0.25, -0.2) is 13.6 Å². The molecule has 1 radical (unpaired) electrons. The lowest BCUT2D eigenvalue weighted by Crippen LogP contribution is -2.14. The van der Waals surface area contributed by atoms with Gasteiger partial charge in [0.25, 0.3) is 0 Å². The molecule has 11 heavy (non-hydrogen) atoms. The van der Waals surface area contributed by atoms with Gasteiger partial charge in [-0.05, 0) is 6.07 Å². The second-order valence-electron chi connectivity index (χ2n) is 2.00. The largest absolute Gasteiger partial charge is 0.398 e. The fraction of sp³-hybridized carbons (Fsp3) is 0. The zero-order valence-corrected chi connectivity index (χ0v) is 6.43. The monoisotopic (exact) mass is 171 g/mol. The number of nitrogen functional groups attached to an aromatic ring is 1. The van der Waals surface area contributed by atoms with Gasteiger partial charge in [0.05, 0.1) is 5.69 Å². The van der Waals surface area contributed by atoms with Crippen molar-refractivity contribution in [1.82, 2.24) is 0 Å². The van der Waals surface area contributed by atoms with E-state index in [-0.39, 0.29) is 10.6 Å². The first-order valence-corrected chi connectivity index (χ1v) is 4.35. The molecule has 0 bridgehead atoms. The molecule has 4 nitrogen and oxygen atoms in total. The van der Waals surface area contributed by atoms with E-state index < -0.39 is 10.0 Å². The van der Waals surface area contributed by atoms with E-state index in [1.54, 1.807) is 6.07 Å². The van der Waals surface area contributed by atoms with Crippen molar-refractivity contribution in [2.24, 2.45) is 5.14 Å². The van der Waals surface area contributed by atoms with Crippen LogP contribution in [0.3, 0.4) is 0 Å². The summed E-state index contributed by atoms with van der Waals surface area (Å²) in [5, 5.41) is 4.82. The Labute approximate surface area is 64.9 Å². The van der Waals surface area contributed by atoms with Crippen LogP contribution in [0.15, 0.2) is 23.1 Å². The maximum atomic E-state index is 10.7. The standard InChI is InChI=1S/C6H7N2O2S/c7-5-3-1-2-4-6(5)11(8,9)10/h1-3H,7H2,(H2,8,9,10). The van der Waals surface area contributed by atoms with Crippen molar-refractivity contribution < 1.29 is 8.42 Å². The smallest absolute Gasteiger partial charge is 0.240 e. The van der Waals surface area contributed by atoms with Crippen LogP contribution < -0.4 is 10.9 Å². The lowest BCUT2D eigenvalue weighted by molar-refractivity contribution is 0.598. The fourth-order valence-electron chi connectivity index (χ4n) is 0.681. The Bertz CT molecular complexity index is 359. The van der Waals surface area contributed by atoms with Crippen LogP contribution in [0.5, 0.6) is 0 Å². The van der Waals surface area contributed by atoms with Crippen molar-refractivity contribution in [3.63, 3.8) is 0 Å². The third-order valence-electron chi connectivity index (χ3n) is 1.13. The number of nitrogens with two attached hydrogens (primary N) is 2. The van der Waals surface area contributed by atoms with Crippen molar-refractivity contribution >= 4 is 15.7 Å². The van der Waals surface area contributed by atoms with E-state index in [0.717, 1.165) is 0 Å². The zero-order chi connectivity index (χ0) is 8.48. The van der Waals surface area contributed by atoms with Crippen LogP contribution in [-0.2, 0) is 10.0 Å². The summed E-state index contributed by atoms with van der Waals surface area (Å²) in [7, 11) is -3.71. The van der Waals surface area contributed by atoms with E-state index >= 15 is 0 Å². The number of hydrogen-bond acceptors (Lipinski definition) is 3. The number of sulfonamides is 1. The predicted octanol–water partition coefficient (Wildman–Crippen LogP) is -0.284. The average Bonchev–Trinajstić information content (AvgIpc) is 1.86. The Morgan fingerprint density at radius 2 is 2.09 bits per heavy atom. The van der Waals surface area contributed by atoms with Crippen molar-refractivity contribution in [3.05, 3.63) is 24.3 Å². The molecule has 4 N–H and O–H groups in total. The van der Waals surface area contributed by atoms with Crippen LogP contribution in [0.25, 0.3) is 0 Å². The lowest BCUT2D eigenvalue weighted by atomic mass is 10.3. The van der Waals surface area contributed by atoms with Gasteiger partial charge in [0.2, 0.25) is 10.0 Å². The van der Waals surface area contributed by atoms with Crippen LogP contribution >= 0.6 is 0 Å². The number of anilines is 1. The summed E-state index contributed by atoms with van der Waals surface area (Å²) in [6, 6.07) is 6.92. The van der Waals surface area contributed by atoms with E-state index in [1.807, 2.05) is 0 Å². The first-order chi connectivity index (χ1) is 5.02. The van der Waals surface area contributed by atoms with Crippen molar-refractivity contribution in [1.29, 1.82) is 0 Å². The predicted molar refractivity (Wildman–Crippen MR) is 41.1 cm³/mol. The third-order valence-corrected chi connectivity index (χ3v) is 2.06. The summed E-state index contributed by atoms with van der Waals surface area (Å²) in [4.78, 5) is -0.153. The van der Waals surface area contributed by atoms with Gasteiger partial charge in [0, 0.05) is 6.07 Å². The summed E-state index contributed by atoms with van der Waals surface area (Å²) in [5.41, 5.74) is 5.44. The van der Waals surface area contributed by atoms with Crippen molar-refractivity contribution in [2.75, 3.05) is 5.73 Å². The average molecular weight is 171 g/mol. The first kappa shape index (κ1) is 8.03. The molecule has 5 heteroatoms. The summed E-state index contributed by atoms with van der Waals surface area (Å²) >= 11 is 0. The Morgan fingerprint density at radius 3 is 2.45 bits per heavy atom. The van der Waals surface area contributed by atoms with Crippen LogP contribution in [0.2, 0.25) is 0 Å². The molecule has 0 atom stereocenters. The van der Waals surface area contributed by atoms with Crippen LogP contribution in [0.1, 0.15) is 0 Å². The van der Waals surface area contributed by atoms with Gasteiger partial charge in [-0.2, -0.15) is 0 Å². The maximum absolute atomic E-state index is 10.7. The second-order valence-corrected chi connectivity index (χ2v) is 3.50. The molecule has 0 spiro atoms. The SMILES string of the molecule is Nc1ccc[c]c1S(N)(=O)=O. The Hall–Kier alpha value is -1.07. The highest BCUT2D eigenvalue weighted by Gasteiger charge is 2.10. The van der Waals surface area contributed by atoms with E-state index in [1.165, 1.54) is 12.1 Å². The van der Waals surface area contributed by atoms with Crippen molar-refractivity contribution in [3.8, 4) is 0 Å². The van der Waals surface area contributed by atoms with Gasteiger partial charge in [0.15, 0.2) is 0 Å². The fourth-order valence-corrected chi connectivity index (χ4v) is 1.31. The van der Waals surface area contributed by atoms with Crippen LogP contribution in [0.4, 0.5) is 5.69 Å². The highest BCUT2D eigenvalue weighted by molar-refractivity contribution is 7.89. The van der Waals surface area contributed by atoms with Crippen LogP contribution in [-0.4, -0.2) is 8.42 Å². The lowest BCUT2D eigenvalue weighted by Gasteiger charge is -1.99.